The summed E-state index contributed by atoms with van der Waals surface area (Å²) in [6.45, 7) is 12.6. The summed E-state index contributed by atoms with van der Waals surface area (Å²) in [6.07, 6.45) is 0. The van der Waals surface area contributed by atoms with Crippen LogP contribution < -0.4 is 23.7 Å². The van der Waals surface area contributed by atoms with Gasteiger partial charge in [0.15, 0.2) is 6.79 Å². The summed E-state index contributed by atoms with van der Waals surface area (Å²) in [4.78, 5) is 3.73. The molecule has 0 unspecified atom stereocenters. The molecule has 0 heterocycles. The van der Waals surface area contributed by atoms with Crippen LogP contribution in [0.25, 0.3) is 5.53 Å². The fraction of sp³-hybridized carbons (Fsp3) is 0.324. The number of hydrogen-bond donors (Lipinski definition) is 0. The van der Waals surface area contributed by atoms with E-state index in [-0.39, 0.29) is 19.1 Å². The first-order valence-electron chi connectivity index (χ1n) is 14.9. The van der Waals surface area contributed by atoms with Gasteiger partial charge in [-0.15, -0.1) is 0 Å². The second-order valence-electron chi connectivity index (χ2n) is 12.6. The fourth-order valence-corrected chi connectivity index (χ4v) is 4.91. The van der Waals surface area contributed by atoms with Gasteiger partial charge in [0.2, 0.25) is 0 Å². The summed E-state index contributed by atoms with van der Waals surface area (Å²) in [6, 6.07) is 26.7. The fourth-order valence-electron chi connectivity index (χ4n) is 4.46. The monoisotopic (exact) mass is 688 g/mol. The SMILES string of the molecule is COCOc1cc(OCc2ccc(OCc3ccccc3)cc2)c(C(=[N+]=[N-])c2cc(OC(C)(C)C)cc(OC(C)(C)C)c2)cc1Br. The topological polar surface area (TPSA) is 91.8 Å². The lowest BCUT2D eigenvalue weighted by Crippen LogP contribution is -2.25. The lowest BCUT2D eigenvalue weighted by atomic mass is 10.00. The second-order valence-corrected chi connectivity index (χ2v) is 13.5. The highest BCUT2D eigenvalue weighted by Gasteiger charge is 2.26. The van der Waals surface area contributed by atoms with E-state index < -0.39 is 11.2 Å². The first-order chi connectivity index (χ1) is 21.8. The molecule has 0 amide bonds. The van der Waals surface area contributed by atoms with Gasteiger partial charge in [-0.05, 0) is 98.9 Å². The van der Waals surface area contributed by atoms with Crippen LogP contribution in [-0.2, 0) is 18.0 Å². The van der Waals surface area contributed by atoms with Crippen LogP contribution in [0.4, 0.5) is 0 Å². The highest BCUT2D eigenvalue weighted by atomic mass is 79.9. The number of rotatable bonds is 13. The summed E-state index contributed by atoms with van der Waals surface area (Å²) < 4.78 is 36.2. The van der Waals surface area contributed by atoms with E-state index in [1.54, 1.807) is 19.2 Å². The van der Waals surface area contributed by atoms with Crippen molar-refractivity contribution in [1.29, 1.82) is 0 Å². The second kappa shape index (κ2) is 15.3. The predicted octanol–water partition coefficient (Wildman–Crippen LogP) is 9.01. The average molecular weight is 690 g/mol. The molecule has 242 valence electrons. The molecular weight excluding hydrogens is 648 g/mol. The normalized spacial score (nSPS) is 11.4. The van der Waals surface area contributed by atoms with Crippen molar-refractivity contribution in [2.75, 3.05) is 13.9 Å². The molecule has 0 aromatic heterocycles. The smallest absolute Gasteiger partial charge is 0.333 e. The van der Waals surface area contributed by atoms with E-state index >= 15 is 0 Å². The highest BCUT2D eigenvalue weighted by molar-refractivity contribution is 9.10. The van der Waals surface area contributed by atoms with Gasteiger partial charge in [0.25, 0.3) is 0 Å². The third-order valence-corrected chi connectivity index (χ3v) is 6.91. The van der Waals surface area contributed by atoms with Crippen LogP contribution in [-0.4, -0.2) is 35.6 Å². The zero-order chi connectivity index (χ0) is 33.3. The van der Waals surface area contributed by atoms with Crippen LogP contribution in [0.2, 0.25) is 0 Å². The first-order valence-corrected chi connectivity index (χ1v) is 15.7. The van der Waals surface area contributed by atoms with Gasteiger partial charge in [-0.1, -0.05) is 42.5 Å². The summed E-state index contributed by atoms with van der Waals surface area (Å²) in [5, 5.41) is 0. The van der Waals surface area contributed by atoms with Crippen molar-refractivity contribution in [1.82, 2.24) is 0 Å². The summed E-state index contributed by atoms with van der Waals surface area (Å²) in [7, 11) is 1.55. The highest BCUT2D eigenvalue weighted by Crippen LogP contribution is 2.37. The molecule has 0 aliphatic carbocycles. The molecule has 8 nitrogen and oxygen atoms in total. The molecule has 0 aliphatic rings. The van der Waals surface area contributed by atoms with Crippen LogP contribution in [0.3, 0.4) is 0 Å². The number of ether oxygens (including phenoxy) is 6. The molecule has 0 spiro atoms. The predicted molar refractivity (Wildman–Crippen MR) is 182 cm³/mol. The van der Waals surface area contributed by atoms with Crippen molar-refractivity contribution in [2.24, 2.45) is 0 Å². The molecule has 0 aliphatic heterocycles. The van der Waals surface area contributed by atoms with Gasteiger partial charge < -0.3 is 34.0 Å². The van der Waals surface area contributed by atoms with E-state index in [1.165, 1.54) is 0 Å². The summed E-state index contributed by atoms with van der Waals surface area (Å²) >= 11 is 3.59. The zero-order valence-corrected chi connectivity index (χ0v) is 29.0. The van der Waals surface area contributed by atoms with E-state index in [9.17, 15) is 5.53 Å². The Morgan fingerprint density at radius 1 is 0.674 bits per heavy atom. The Hall–Kier alpha value is -4.30. The van der Waals surface area contributed by atoms with Gasteiger partial charge in [0, 0.05) is 19.2 Å². The maximum atomic E-state index is 10.4. The number of methoxy groups -OCH3 is 1. The van der Waals surface area contributed by atoms with Crippen molar-refractivity contribution in [3.8, 4) is 28.7 Å². The van der Waals surface area contributed by atoms with Crippen LogP contribution in [0.15, 0.2) is 89.4 Å². The van der Waals surface area contributed by atoms with Crippen LogP contribution in [0, 0.1) is 0 Å². The lowest BCUT2D eigenvalue weighted by Gasteiger charge is -2.25. The Bertz CT molecular complexity index is 1620. The number of benzene rings is 4. The average Bonchev–Trinajstić information content (AvgIpc) is 2.98. The molecule has 0 N–H and O–H groups in total. The molecule has 46 heavy (non-hydrogen) atoms. The molecule has 4 rings (SSSR count). The van der Waals surface area contributed by atoms with Crippen molar-refractivity contribution in [3.63, 3.8) is 0 Å². The molecule has 0 fully saturated rings. The minimum absolute atomic E-state index is 0.0441. The van der Waals surface area contributed by atoms with Crippen LogP contribution in [0.1, 0.15) is 63.8 Å². The summed E-state index contributed by atoms with van der Waals surface area (Å²) in [5.41, 5.74) is 12.9. The van der Waals surface area contributed by atoms with Crippen molar-refractivity contribution < 1.29 is 33.2 Å². The molecule has 0 saturated carbocycles. The minimum Gasteiger partial charge on any atom is -0.489 e. The van der Waals surface area contributed by atoms with E-state index in [4.69, 9.17) is 28.4 Å². The molecule has 0 atom stereocenters. The molecule has 0 bridgehead atoms. The third-order valence-electron chi connectivity index (χ3n) is 6.29. The van der Waals surface area contributed by atoms with Gasteiger partial charge in [-0.3, -0.25) is 0 Å². The zero-order valence-electron chi connectivity index (χ0n) is 27.4. The van der Waals surface area contributed by atoms with Crippen molar-refractivity contribution in [2.45, 2.75) is 66.0 Å². The minimum atomic E-state index is -0.464. The summed E-state index contributed by atoms with van der Waals surface area (Å²) in [5.74, 6) is 2.84. The van der Waals surface area contributed by atoms with Gasteiger partial charge in [-0.25, -0.2) is 0 Å². The van der Waals surface area contributed by atoms with E-state index in [0.717, 1.165) is 16.9 Å². The maximum absolute atomic E-state index is 10.4. The third kappa shape index (κ3) is 10.4. The van der Waals surface area contributed by atoms with Crippen molar-refractivity contribution >= 4 is 21.6 Å². The van der Waals surface area contributed by atoms with Crippen molar-refractivity contribution in [3.05, 3.63) is 117 Å². The molecule has 4 aromatic rings. The standard InChI is InChI=1S/C37H41BrN2O6/c1-36(2,3)45-29-17-27(18-30(19-29)46-37(4,5)6)35(40-39)31-20-32(38)34(44-24-41-7)21-33(31)43-23-26-13-15-28(16-14-26)42-22-25-11-9-8-10-12-25/h8-21H,22-24H2,1-7H3. The van der Waals surface area contributed by atoms with Gasteiger partial charge in [0.1, 0.15) is 58.7 Å². The Balaban J connectivity index is 1.66. The molecule has 0 radical (unpaired) electrons. The van der Waals surface area contributed by atoms with E-state index in [0.29, 0.717) is 45.2 Å². The van der Waals surface area contributed by atoms with Crippen LogP contribution >= 0.6 is 15.9 Å². The maximum Gasteiger partial charge on any atom is 0.333 e. The van der Waals surface area contributed by atoms with E-state index in [1.807, 2.05) is 114 Å². The number of halogens is 1. The molecule has 4 aromatic carbocycles. The van der Waals surface area contributed by atoms with Gasteiger partial charge in [-0.2, -0.15) is 4.79 Å². The van der Waals surface area contributed by atoms with Gasteiger partial charge in [0.05, 0.1) is 10.0 Å². The Kier molecular flexibility index (Phi) is 11.5. The Labute approximate surface area is 279 Å². The Morgan fingerprint density at radius 3 is 1.83 bits per heavy atom. The number of hydrogen-bond acceptors (Lipinski definition) is 6. The van der Waals surface area contributed by atoms with Gasteiger partial charge >= 0.3 is 5.71 Å². The largest absolute Gasteiger partial charge is 0.489 e. The van der Waals surface area contributed by atoms with E-state index in [2.05, 4.69) is 20.7 Å². The lowest BCUT2D eigenvalue weighted by molar-refractivity contribution is -0.00311. The molecule has 0 saturated heterocycles. The number of nitrogens with zero attached hydrogens (tertiary/aromatic N) is 2. The molecular formula is C37H41BrN2O6. The Morgan fingerprint density at radius 2 is 1.26 bits per heavy atom. The first kappa shape index (κ1) is 34.6. The molecule has 9 heteroatoms. The van der Waals surface area contributed by atoms with Crippen LogP contribution in [0.5, 0.6) is 28.7 Å². The quantitative estimate of drug-likeness (QED) is 0.0602.